The van der Waals surface area contributed by atoms with Crippen LogP contribution in [0.1, 0.15) is 38.5 Å². The largest absolute Gasteiger partial charge is 0.465 e. The minimum Gasteiger partial charge on any atom is -0.465 e. The van der Waals surface area contributed by atoms with Gasteiger partial charge in [0.05, 0.1) is 31.7 Å². The summed E-state index contributed by atoms with van der Waals surface area (Å²) in [6.45, 7) is 5.32. The Morgan fingerprint density at radius 3 is 2.69 bits per heavy atom. The summed E-state index contributed by atoms with van der Waals surface area (Å²) in [7, 11) is 2.00. The van der Waals surface area contributed by atoms with E-state index in [4.69, 9.17) is 21.1 Å². The number of aliphatic hydroxyl groups is 1. The van der Waals surface area contributed by atoms with Crippen LogP contribution in [0, 0.1) is 11.8 Å². The van der Waals surface area contributed by atoms with E-state index in [1.165, 1.54) is 0 Å². The summed E-state index contributed by atoms with van der Waals surface area (Å²) in [5, 5.41) is 16.2. The van der Waals surface area contributed by atoms with Gasteiger partial charge in [-0.25, -0.2) is 0 Å². The normalized spacial score (nSPS) is 17.2. The van der Waals surface area contributed by atoms with Crippen molar-refractivity contribution in [2.45, 2.75) is 44.8 Å². The van der Waals surface area contributed by atoms with Gasteiger partial charge in [0.25, 0.3) is 0 Å². The number of aliphatic hydroxyl groups excluding tert-OH is 1. The summed E-state index contributed by atoms with van der Waals surface area (Å²) < 4.78 is 11.1. The number of allylic oxidation sites excluding steroid dienone is 6. The zero-order chi connectivity index (χ0) is 26.0. The maximum Gasteiger partial charge on any atom is 0.318 e. The van der Waals surface area contributed by atoms with Crippen LogP contribution in [0.5, 0.6) is 11.5 Å². The Bertz CT molecular complexity index is 908. The molecule has 0 saturated heterocycles. The van der Waals surface area contributed by atoms with Crippen molar-refractivity contribution in [3.63, 3.8) is 0 Å². The Hall–Kier alpha value is -2.64. The first kappa shape index (κ1) is 29.6. The van der Waals surface area contributed by atoms with E-state index in [1.807, 2.05) is 31.4 Å². The van der Waals surface area contributed by atoms with Gasteiger partial charge in [-0.3, -0.25) is 10.1 Å². The summed E-state index contributed by atoms with van der Waals surface area (Å²) in [6.07, 6.45) is 19.9. The summed E-state index contributed by atoms with van der Waals surface area (Å²) >= 11 is 5.89. The summed E-state index contributed by atoms with van der Waals surface area (Å²) in [6, 6.07) is 7.00. The van der Waals surface area contributed by atoms with Gasteiger partial charge in [-0.15, -0.1) is 0 Å². The molecule has 1 aliphatic rings. The molecule has 0 saturated carbocycles. The molecule has 1 aromatic rings. The molecule has 1 aromatic carbocycles. The molecule has 7 heteroatoms. The lowest BCUT2D eigenvalue weighted by Crippen LogP contribution is -2.82. The lowest BCUT2D eigenvalue weighted by atomic mass is 10.0. The maximum atomic E-state index is 12.2. The molecule has 0 amide bonds. The van der Waals surface area contributed by atoms with E-state index >= 15 is 0 Å². The van der Waals surface area contributed by atoms with Gasteiger partial charge in [0.2, 0.25) is 0 Å². The van der Waals surface area contributed by atoms with Crippen LogP contribution in [-0.2, 0) is 4.79 Å². The fourth-order valence-corrected chi connectivity index (χ4v) is 3.85. The predicted molar refractivity (Wildman–Crippen MR) is 146 cm³/mol. The lowest BCUT2D eigenvalue weighted by Gasteiger charge is -2.19. The molecule has 3 unspecified atom stereocenters. The highest BCUT2D eigenvalue weighted by Gasteiger charge is 2.19. The second kappa shape index (κ2) is 17.7. The van der Waals surface area contributed by atoms with E-state index in [9.17, 15) is 9.90 Å². The third-order valence-electron chi connectivity index (χ3n) is 5.76. The van der Waals surface area contributed by atoms with E-state index in [2.05, 4.69) is 17.2 Å². The molecule has 0 spiro atoms. The number of benzene rings is 1. The SMILES string of the molecule is C=C/C=C\C(C[NH2+]C)C(O)NCCCCCC/C=C/Oc1ccc(OC(=O)C2C=CC(Cl)=CC2)cc1. The third kappa shape index (κ3) is 11.9. The quantitative estimate of drug-likeness (QED) is 0.0705. The first-order chi connectivity index (χ1) is 17.5. The molecule has 36 heavy (non-hydrogen) atoms. The molecule has 0 aliphatic heterocycles. The molecule has 0 fully saturated rings. The zero-order valence-corrected chi connectivity index (χ0v) is 21.9. The Morgan fingerprint density at radius 1 is 1.25 bits per heavy atom. The van der Waals surface area contributed by atoms with Gasteiger partial charge < -0.3 is 19.9 Å². The number of esters is 1. The van der Waals surface area contributed by atoms with Gasteiger partial charge in [0, 0.05) is 5.03 Å². The molecule has 1 aliphatic carbocycles. The lowest BCUT2D eigenvalue weighted by molar-refractivity contribution is -0.632. The number of quaternary nitrogens is 1. The number of hydrogen-bond donors (Lipinski definition) is 3. The van der Waals surface area contributed by atoms with Crippen LogP contribution in [0.25, 0.3) is 0 Å². The average molecular weight is 516 g/mol. The number of carbonyl (C=O) groups excluding carboxylic acids is 1. The van der Waals surface area contributed by atoms with Crippen LogP contribution in [-0.4, -0.2) is 37.4 Å². The molecular weight excluding hydrogens is 476 g/mol. The maximum absolute atomic E-state index is 12.2. The van der Waals surface area contributed by atoms with Crippen molar-refractivity contribution in [1.82, 2.24) is 5.32 Å². The Morgan fingerprint density at radius 2 is 2.00 bits per heavy atom. The second-order valence-electron chi connectivity index (χ2n) is 8.70. The molecule has 3 atom stereocenters. The van der Waals surface area contributed by atoms with Crippen molar-refractivity contribution in [1.29, 1.82) is 0 Å². The monoisotopic (exact) mass is 515 g/mol. The highest BCUT2D eigenvalue weighted by Crippen LogP contribution is 2.23. The van der Waals surface area contributed by atoms with E-state index in [0.717, 1.165) is 45.2 Å². The number of unbranched alkanes of at least 4 members (excludes halogenated alkanes) is 4. The van der Waals surface area contributed by atoms with Gasteiger partial charge >= 0.3 is 5.97 Å². The first-order valence-corrected chi connectivity index (χ1v) is 13.1. The fourth-order valence-electron chi connectivity index (χ4n) is 3.69. The van der Waals surface area contributed by atoms with E-state index in [-0.39, 0.29) is 17.8 Å². The topological polar surface area (TPSA) is 84.4 Å². The van der Waals surface area contributed by atoms with Crippen molar-refractivity contribution >= 4 is 17.6 Å². The molecule has 0 aromatic heterocycles. The van der Waals surface area contributed by atoms with Crippen LogP contribution < -0.4 is 20.1 Å². The number of ether oxygens (including phenoxy) is 2. The van der Waals surface area contributed by atoms with Crippen molar-refractivity contribution in [3.8, 4) is 11.5 Å². The summed E-state index contributed by atoms with van der Waals surface area (Å²) in [5.41, 5.74) is 0. The molecule has 6 nitrogen and oxygen atoms in total. The number of nitrogens with two attached hydrogens (primary N) is 1. The van der Waals surface area contributed by atoms with Crippen LogP contribution >= 0.6 is 11.6 Å². The fraction of sp³-hybridized carbons (Fsp3) is 0.414. The van der Waals surface area contributed by atoms with Crippen molar-refractivity contribution in [2.75, 3.05) is 20.1 Å². The standard InChI is InChI=1S/C29H39ClN2O4/c1-3-4-11-24(22-31-2)28(33)32-20-9-7-5-6-8-10-21-35-26-16-18-27(19-17-26)36-29(34)23-12-14-25(30)15-13-23/h3-4,10-12,14-19,21,23-24,28,31-33H,1,5-9,13,20,22H2,2H3/p+1/b11-4-,21-10+. The Kier molecular flexibility index (Phi) is 14.6. The highest BCUT2D eigenvalue weighted by molar-refractivity contribution is 6.31. The van der Waals surface area contributed by atoms with Gasteiger partial charge in [0.1, 0.15) is 17.7 Å². The smallest absolute Gasteiger partial charge is 0.318 e. The van der Waals surface area contributed by atoms with Crippen molar-refractivity contribution < 1.29 is 24.7 Å². The van der Waals surface area contributed by atoms with Gasteiger partial charge in [-0.1, -0.05) is 61.4 Å². The van der Waals surface area contributed by atoms with Gasteiger partial charge in [0.15, 0.2) is 0 Å². The molecule has 0 radical (unpaired) electrons. The molecular formula is C29H40ClN2O4+. The van der Waals surface area contributed by atoms with E-state index in [1.54, 1.807) is 48.8 Å². The second-order valence-corrected chi connectivity index (χ2v) is 9.14. The Balaban J connectivity index is 1.54. The zero-order valence-electron chi connectivity index (χ0n) is 21.2. The highest BCUT2D eigenvalue weighted by atomic mass is 35.5. The van der Waals surface area contributed by atoms with E-state index in [0.29, 0.717) is 23.0 Å². The predicted octanol–water partition coefficient (Wildman–Crippen LogP) is 4.59. The molecule has 2 rings (SSSR count). The minimum atomic E-state index is -0.537. The van der Waals surface area contributed by atoms with Crippen molar-refractivity contribution in [3.05, 3.63) is 84.7 Å². The third-order valence-corrected chi connectivity index (χ3v) is 6.04. The summed E-state index contributed by atoms with van der Waals surface area (Å²) in [5.74, 6) is 0.633. The van der Waals surface area contributed by atoms with Crippen LogP contribution in [0.3, 0.4) is 0 Å². The van der Waals surface area contributed by atoms with Gasteiger partial charge in [-0.05, 0) is 68.6 Å². The van der Waals surface area contributed by atoms with Crippen LogP contribution in [0.2, 0.25) is 0 Å². The first-order valence-electron chi connectivity index (χ1n) is 12.7. The number of hydrogen-bond acceptors (Lipinski definition) is 5. The molecule has 196 valence electrons. The molecule has 0 heterocycles. The molecule has 4 N–H and O–H groups in total. The molecule has 0 bridgehead atoms. The van der Waals surface area contributed by atoms with E-state index < -0.39 is 6.23 Å². The Labute approximate surface area is 220 Å². The van der Waals surface area contributed by atoms with Crippen molar-refractivity contribution in [2.24, 2.45) is 11.8 Å². The number of rotatable bonds is 17. The van der Waals surface area contributed by atoms with Crippen LogP contribution in [0.4, 0.5) is 0 Å². The van der Waals surface area contributed by atoms with Gasteiger partial charge in [-0.2, -0.15) is 0 Å². The average Bonchev–Trinajstić information content (AvgIpc) is 2.88. The number of halogens is 1. The van der Waals surface area contributed by atoms with Crippen LogP contribution in [0.15, 0.2) is 84.7 Å². The number of carbonyl (C=O) groups is 1. The summed E-state index contributed by atoms with van der Waals surface area (Å²) in [4.78, 5) is 12.2. The minimum absolute atomic E-state index is 0.0704. The number of nitrogens with one attached hydrogen (secondary N) is 1.